The first kappa shape index (κ1) is 15.8. The Bertz CT molecular complexity index is 757. The van der Waals surface area contributed by atoms with Crippen LogP contribution in [0.3, 0.4) is 0 Å². The van der Waals surface area contributed by atoms with Crippen LogP contribution < -0.4 is 0 Å². The zero-order chi connectivity index (χ0) is 16.3. The highest BCUT2D eigenvalue weighted by Crippen LogP contribution is 2.18. The zero-order valence-corrected chi connectivity index (χ0v) is 13.5. The number of nitrogens with one attached hydrogen (secondary N) is 1. The molecule has 0 atom stereocenters. The molecule has 0 radical (unpaired) electrons. The highest BCUT2D eigenvalue weighted by Gasteiger charge is 2.28. The number of aromatic amines is 1. The first-order chi connectivity index (χ1) is 11.1. The maximum Gasteiger partial charge on any atom is 0.255 e. The van der Waals surface area contributed by atoms with Gasteiger partial charge in [-0.15, -0.1) is 0 Å². The molecule has 1 aliphatic rings. The average molecular weight is 333 g/mol. The van der Waals surface area contributed by atoms with Crippen LogP contribution in [0, 0.1) is 0 Å². The van der Waals surface area contributed by atoms with Gasteiger partial charge in [-0.25, -0.2) is 8.42 Å². The van der Waals surface area contributed by atoms with Crippen molar-refractivity contribution < 1.29 is 13.2 Å². The van der Waals surface area contributed by atoms with Crippen LogP contribution in [0.1, 0.15) is 16.8 Å². The fourth-order valence-corrected chi connectivity index (χ4v) is 4.21. The molecule has 1 fully saturated rings. The maximum absolute atomic E-state index is 12.7. The predicted octanol–water partition coefficient (Wildman–Crippen LogP) is 1.55. The van der Waals surface area contributed by atoms with E-state index in [2.05, 4.69) is 4.98 Å². The number of carbonyl (C=O) groups is 1. The van der Waals surface area contributed by atoms with Gasteiger partial charge in [-0.1, -0.05) is 18.2 Å². The van der Waals surface area contributed by atoms with Gasteiger partial charge in [0.15, 0.2) is 0 Å². The summed E-state index contributed by atoms with van der Waals surface area (Å²) in [4.78, 5) is 17.3. The van der Waals surface area contributed by atoms with Crippen molar-refractivity contribution in [3.8, 4) is 0 Å². The van der Waals surface area contributed by atoms with Gasteiger partial charge in [-0.3, -0.25) is 4.79 Å². The molecule has 0 bridgehead atoms. The molecule has 1 saturated heterocycles. The Kier molecular flexibility index (Phi) is 4.49. The van der Waals surface area contributed by atoms with Crippen LogP contribution in [0.5, 0.6) is 0 Å². The van der Waals surface area contributed by atoms with E-state index in [9.17, 15) is 13.2 Å². The number of amides is 1. The zero-order valence-electron chi connectivity index (χ0n) is 12.7. The van der Waals surface area contributed by atoms with Crippen LogP contribution >= 0.6 is 0 Å². The molecule has 122 valence electrons. The first-order valence-corrected chi connectivity index (χ1v) is 9.00. The fourth-order valence-electron chi connectivity index (χ4n) is 2.72. The van der Waals surface area contributed by atoms with Crippen molar-refractivity contribution in [3.63, 3.8) is 0 Å². The van der Waals surface area contributed by atoms with E-state index in [1.807, 2.05) is 0 Å². The Balaban J connectivity index is 1.73. The summed E-state index contributed by atoms with van der Waals surface area (Å²) < 4.78 is 26.8. The van der Waals surface area contributed by atoms with Gasteiger partial charge in [0.1, 0.15) is 0 Å². The second-order valence-corrected chi connectivity index (χ2v) is 7.40. The molecule has 0 unspecified atom stereocenters. The van der Waals surface area contributed by atoms with Crippen molar-refractivity contribution in [3.05, 3.63) is 54.4 Å². The highest BCUT2D eigenvalue weighted by molar-refractivity contribution is 7.89. The summed E-state index contributed by atoms with van der Waals surface area (Å²) in [6.45, 7) is 1.70. The standard InChI is InChI=1S/C16H19N3O3S/c20-16(14-7-8-17-13-14)18-9-4-10-19(12-11-18)23(21,22)15-5-2-1-3-6-15/h1-3,5-8,13,17H,4,9-12H2. The van der Waals surface area contributed by atoms with Crippen LogP contribution in [0.25, 0.3) is 0 Å². The lowest BCUT2D eigenvalue weighted by molar-refractivity contribution is 0.0764. The van der Waals surface area contributed by atoms with E-state index in [4.69, 9.17) is 0 Å². The lowest BCUT2D eigenvalue weighted by Gasteiger charge is -2.21. The molecule has 1 aromatic carbocycles. The van der Waals surface area contributed by atoms with Crippen molar-refractivity contribution >= 4 is 15.9 Å². The second kappa shape index (κ2) is 6.55. The third-order valence-corrected chi connectivity index (χ3v) is 5.88. The summed E-state index contributed by atoms with van der Waals surface area (Å²) >= 11 is 0. The number of hydrogen-bond acceptors (Lipinski definition) is 3. The lowest BCUT2D eigenvalue weighted by Crippen LogP contribution is -2.37. The Hall–Kier alpha value is -2.12. The molecular formula is C16H19N3O3S. The quantitative estimate of drug-likeness (QED) is 0.926. The normalized spacial score (nSPS) is 17.0. The van der Waals surface area contributed by atoms with E-state index < -0.39 is 10.0 Å². The Morgan fingerprint density at radius 3 is 2.48 bits per heavy atom. The Labute approximate surface area is 135 Å². The maximum atomic E-state index is 12.7. The minimum absolute atomic E-state index is 0.0646. The fraction of sp³-hybridized carbons (Fsp3) is 0.312. The Morgan fingerprint density at radius 1 is 1.00 bits per heavy atom. The molecule has 1 aromatic heterocycles. The van der Waals surface area contributed by atoms with Crippen LogP contribution in [-0.4, -0.2) is 54.7 Å². The van der Waals surface area contributed by atoms with Gasteiger partial charge in [-0.2, -0.15) is 4.31 Å². The first-order valence-electron chi connectivity index (χ1n) is 7.56. The summed E-state index contributed by atoms with van der Waals surface area (Å²) in [7, 11) is -3.50. The number of benzene rings is 1. The van der Waals surface area contributed by atoms with Crippen molar-refractivity contribution in [2.75, 3.05) is 26.2 Å². The van der Waals surface area contributed by atoms with Gasteiger partial charge >= 0.3 is 0 Å². The predicted molar refractivity (Wildman–Crippen MR) is 86.5 cm³/mol. The summed E-state index contributed by atoms with van der Waals surface area (Å²) in [5, 5.41) is 0. The van der Waals surface area contributed by atoms with Gasteiger partial charge in [0.25, 0.3) is 5.91 Å². The van der Waals surface area contributed by atoms with Crippen molar-refractivity contribution in [1.29, 1.82) is 0 Å². The molecule has 23 heavy (non-hydrogen) atoms. The van der Waals surface area contributed by atoms with Crippen molar-refractivity contribution in [2.24, 2.45) is 0 Å². The molecule has 3 rings (SSSR count). The van der Waals surface area contributed by atoms with Gasteiger partial charge < -0.3 is 9.88 Å². The summed E-state index contributed by atoms with van der Waals surface area (Å²) in [6, 6.07) is 10.1. The molecule has 1 N–H and O–H groups in total. The van der Waals surface area contributed by atoms with E-state index in [1.165, 1.54) is 4.31 Å². The third kappa shape index (κ3) is 3.30. The van der Waals surface area contributed by atoms with Crippen LogP contribution in [-0.2, 0) is 10.0 Å². The number of hydrogen-bond donors (Lipinski definition) is 1. The van der Waals surface area contributed by atoms with E-state index >= 15 is 0 Å². The van der Waals surface area contributed by atoms with E-state index in [-0.39, 0.29) is 5.91 Å². The number of aromatic nitrogens is 1. The molecule has 0 saturated carbocycles. The molecule has 0 spiro atoms. The number of rotatable bonds is 3. The summed E-state index contributed by atoms with van der Waals surface area (Å²) in [6.07, 6.45) is 3.99. The molecule has 7 heteroatoms. The van der Waals surface area contributed by atoms with E-state index in [0.29, 0.717) is 43.1 Å². The van der Waals surface area contributed by atoms with E-state index in [1.54, 1.807) is 53.7 Å². The molecule has 1 amide bonds. The molecule has 1 aliphatic heterocycles. The van der Waals surface area contributed by atoms with Crippen molar-refractivity contribution in [2.45, 2.75) is 11.3 Å². The number of carbonyl (C=O) groups excluding carboxylic acids is 1. The van der Waals surface area contributed by atoms with Crippen LogP contribution in [0.15, 0.2) is 53.7 Å². The summed E-state index contributed by atoms with van der Waals surface area (Å²) in [5.74, 6) is -0.0646. The number of H-pyrrole nitrogens is 1. The number of sulfonamides is 1. The SMILES string of the molecule is O=C(c1cc[nH]c1)N1CCCN(S(=O)(=O)c2ccccc2)CC1. The number of nitrogens with zero attached hydrogens (tertiary/aromatic N) is 2. The van der Waals surface area contributed by atoms with Gasteiger partial charge in [0.05, 0.1) is 10.5 Å². The van der Waals surface area contributed by atoms with Crippen molar-refractivity contribution in [1.82, 2.24) is 14.2 Å². The van der Waals surface area contributed by atoms with Gasteiger partial charge in [-0.05, 0) is 24.6 Å². The molecular weight excluding hydrogens is 314 g/mol. The van der Waals surface area contributed by atoms with Gasteiger partial charge in [0.2, 0.25) is 10.0 Å². The lowest BCUT2D eigenvalue weighted by atomic mass is 10.3. The molecule has 2 heterocycles. The Morgan fingerprint density at radius 2 is 1.78 bits per heavy atom. The van der Waals surface area contributed by atoms with Crippen LogP contribution in [0.2, 0.25) is 0 Å². The molecule has 6 nitrogen and oxygen atoms in total. The highest BCUT2D eigenvalue weighted by atomic mass is 32.2. The molecule has 2 aromatic rings. The second-order valence-electron chi connectivity index (χ2n) is 5.46. The molecule has 0 aliphatic carbocycles. The smallest absolute Gasteiger partial charge is 0.255 e. The van der Waals surface area contributed by atoms with Gasteiger partial charge in [0, 0.05) is 38.6 Å². The topological polar surface area (TPSA) is 73.5 Å². The van der Waals surface area contributed by atoms with E-state index in [0.717, 1.165) is 0 Å². The van der Waals surface area contributed by atoms with Crippen LogP contribution in [0.4, 0.5) is 0 Å². The monoisotopic (exact) mass is 333 g/mol. The summed E-state index contributed by atoms with van der Waals surface area (Å²) in [5.41, 5.74) is 0.601. The third-order valence-electron chi connectivity index (χ3n) is 3.97. The minimum Gasteiger partial charge on any atom is -0.367 e. The minimum atomic E-state index is -3.50. The largest absolute Gasteiger partial charge is 0.367 e. The average Bonchev–Trinajstić information content (AvgIpc) is 2.99.